The van der Waals surface area contributed by atoms with Crippen LogP contribution in [0, 0.1) is 0 Å². The highest BCUT2D eigenvalue weighted by Crippen LogP contribution is 2.22. The molecule has 0 spiro atoms. The average molecular weight is 402 g/mol. The number of aromatic nitrogens is 4. The minimum atomic E-state index is 0.281. The van der Waals surface area contributed by atoms with Crippen LogP contribution in [0.25, 0.3) is 0 Å². The van der Waals surface area contributed by atoms with E-state index in [4.69, 9.17) is 14.2 Å². The molecule has 29 heavy (non-hydrogen) atoms. The number of nitrogens with zero attached hydrogens (tertiary/aromatic N) is 7. The molecule has 2 aromatic rings. The molecule has 2 aliphatic heterocycles. The summed E-state index contributed by atoms with van der Waals surface area (Å²) in [5, 5.41) is 4.08. The summed E-state index contributed by atoms with van der Waals surface area (Å²) in [6, 6.07) is 2.34. The number of likely N-dealkylation sites (tertiary alicyclic amines) is 1. The van der Waals surface area contributed by atoms with Crippen molar-refractivity contribution in [3.63, 3.8) is 0 Å². The first-order chi connectivity index (χ1) is 14.1. The Morgan fingerprint density at radius 3 is 2.79 bits per heavy atom. The van der Waals surface area contributed by atoms with Gasteiger partial charge in [0, 0.05) is 44.8 Å². The Balaban J connectivity index is 1.39. The normalized spacial score (nSPS) is 21.0. The first-order valence-electron chi connectivity index (χ1n) is 10.5. The average Bonchev–Trinajstić information content (AvgIpc) is 3.23. The molecule has 2 fully saturated rings. The van der Waals surface area contributed by atoms with Crippen molar-refractivity contribution in [3.05, 3.63) is 24.0 Å². The summed E-state index contributed by atoms with van der Waals surface area (Å²) in [5.41, 5.74) is 0. The molecule has 0 bridgehead atoms. The Kier molecular flexibility index (Phi) is 6.25. The number of hydrogen-bond donors (Lipinski definition) is 0. The van der Waals surface area contributed by atoms with Crippen LogP contribution in [0.4, 0.5) is 11.8 Å². The number of likely N-dealkylation sites (N-methyl/N-ethyl adjacent to an activating group) is 1. The maximum atomic E-state index is 5.45. The second-order valence-electron chi connectivity index (χ2n) is 8.16. The standard InChI is InChI=1S/C20H31N7O2/c1-15(2)19-23-18(29-24-19)14-26-8-4-5-16(13-26)25(3)20-21-7-6-17(22-20)27-9-11-28-12-10-27/h6-7,15-16H,4-5,8-14H2,1-3H3. The van der Waals surface area contributed by atoms with Crippen molar-refractivity contribution in [2.75, 3.05) is 56.2 Å². The van der Waals surface area contributed by atoms with Gasteiger partial charge < -0.3 is 19.1 Å². The van der Waals surface area contributed by atoms with E-state index >= 15 is 0 Å². The van der Waals surface area contributed by atoms with E-state index in [1.807, 2.05) is 12.3 Å². The molecule has 0 N–H and O–H groups in total. The van der Waals surface area contributed by atoms with Gasteiger partial charge in [-0.25, -0.2) is 4.98 Å². The molecule has 2 aliphatic rings. The molecule has 0 radical (unpaired) electrons. The zero-order chi connectivity index (χ0) is 20.2. The number of rotatable bonds is 6. The van der Waals surface area contributed by atoms with Gasteiger partial charge in [0.25, 0.3) is 0 Å². The fourth-order valence-corrected chi connectivity index (χ4v) is 3.89. The van der Waals surface area contributed by atoms with Crippen molar-refractivity contribution in [1.29, 1.82) is 0 Å². The van der Waals surface area contributed by atoms with Crippen LogP contribution in [0.1, 0.15) is 44.3 Å². The van der Waals surface area contributed by atoms with Crippen LogP contribution in [0.2, 0.25) is 0 Å². The molecule has 2 saturated heterocycles. The lowest BCUT2D eigenvalue weighted by molar-refractivity contribution is 0.122. The Morgan fingerprint density at radius 1 is 1.21 bits per heavy atom. The minimum absolute atomic E-state index is 0.281. The second-order valence-corrected chi connectivity index (χ2v) is 8.16. The van der Waals surface area contributed by atoms with Gasteiger partial charge in [0.05, 0.1) is 19.8 Å². The van der Waals surface area contributed by atoms with Crippen LogP contribution in [-0.2, 0) is 11.3 Å². The van der Waals surface area contributed by atoms with E-state index < -0.39 is 0 Å². The summed E-state index contributed by atoms with van der Waals surface area (Å²) < 4.78 is 10.9. The first-order valence-corrected chi connectivity index (χ1v) is 10.5. The van der Waals surface area contributed by atoms with Crippen LogP contribution in [0.3, 0.4) is 0 Å². The predicted octanol–water partition coefficient (Wildman–Crippen LogP) is 1.92. The quantitative estimate of drug-likeness (QED) is 0.721. The zero-order valence-corrected chi connectivity index (χ0v) is 17.6. The molecule has 9 nitrogen and oxygen atoms in total. The Labute approximate surface area is 172 Å². The predicted molar refractivity (Wildman–Crippen MR) is 110 cm³/mol. The van der Waals surface area contributed by atoms with Crippen molar-refractivity contribution in [2.45, 2.75) is 45.2 Å². The molecule has 4 heterocycles. The third kappa shape index (κ3) is 4.84. The fourth-order valence-electron chi connectivity index (χ4n) is 3.89. The van der Waals surface area contributed by atoms with Gasteiger partial charge in [-0.2, -0.15) is 9.97 Å². The summed E-state index contributed by atoms with van der Waals surface area (Å²) >= 11 is 0. The van der Waals surface area contributed by atoms with Crippen LogP contribution in [0.15, 0.2) is 16.8 Å². The Morgan fingerprint density at radius 2 is 2.03 bits per heavy atom. The van der Waals surface area contributed by atoms with E-state index in [0.717, 1.165) is 69.8 Å². The van der Waals surface area contributed by atoms with Crippen molar-refractivity contribution < 1.29 is 9.26 Å². The Hall–Kier alpha value is -2.26. The molecule has 158 valence electrons. The molecule has 9 heteroatoms. The van der Waals surface area contributed by atoms with Crippen molar-refractivity contribution in [2.24, 2.45) is 0 Å². The van der Waals surface area contributed by atoms with E-state index in [2.05, 4.69) is 50.7 Å². The molecular weight excluding hydrogens is 370 g/mol. The highest BCUT2D eigenvalue weighted by Gasteiger charge is 2.26. The van der Waals surface area contributed by atoms with Gasteiger partial charge in [-0.05, 0) is 25.5 Å². The number of morpholine rings is 1. The largest absolute Gasteiger partial charge is 0.378 e. The van der Waals surface area contributed by atoms with Crippen molar-refractivity contribution >= 4 is 11.8 Å². The maximum Gasteiger partial charge on any atom is 0.240 e. The van der Waals surface area contributed by atoms with Gasteiger partial charge in [0.15, 0.2) is 5.82 Å². The smallest absolute Gasteiger partial charge is 0.240 e. The first kappa shape index (κ1) is 20.0. The van der Waals surface area contributed by atoms with E-state index in [-0.39, 0.29) is 5.92 Å². The van der Waals surface area contributed by atoms with Crippen LogP contribution >= 0.6 is 0 Å². The van der Waals surface area contributed by atoms with E-state index in [9.17, 15) is 0 Å². The summed E-state index contributed by atoms with van der Waals surface area (Å²) in [4.78, 5) is 20.7. The lowest BCUT2D eigenvalue weighted by Gasteiger charge is -2.37. The third-order valence-corrected chi connectivity index (χ3v) is 5.67. The number of ether oxygens (including phenoxy) is 1. The monoisotopic (exact) mass is 401 g/mol. The number of piperidine rings is 1. The Bertz CT molecular complexity index is 791. The SMILES string of the molecule is CC(C)c1noc(CN2CCCC(N(C)c3nccc(N4CCOCC4)n3)C2)n1. The van der Waals surface area contributed by atoms with E-state index in [0.29, 0.717) is 18.5 Å². The molecule has 0 saturated carbocycles. The molecule has 2 aromatic heterocycles. The maximum absolute atomic E-state index is 5.45. The van der Waals surface area contributed by atoms with Gasteiger partial charge >= 0.3 is 0 Å². The molecule has 1 atom stereocenters. The summed E-state index contributed by atoms with van der Waals surface area (Å²) in [6.07, 6.45) is 4.11. The second kappa shape index (κ2) is 9.04. The molecular formula is C20H31N7O2. The van der Waals surface area contributed by atoms with E-state index in [1.165, 1.54) is 0 Å². The molecule has 1 unspecified atom stereocenters. The highest BCUT2D eigenvalue weighted by atomic mass is 16.5. The highest BCUT2D eigenvalue weighted by molar-refractivity contribution is 5.44. The summed E-state index contributed by atoms with van der Waals surface area (Å²) in [6.45, 7) is 10.1. The van der Waals surface area contributed by atoms with Crippen LogP contribution in [-0.4, -0.2) is 77.5 Å². The summed E-state index contributed by atoms with van der Waals surface area (Å²) in [7, 11) is 2.09. The van der Waals surface area contributed by atoms with Gasteiger partial charge in [-0.1, -0.05) is 19.0 Å². The number of hydrogen-bond acceptors (Lipinski definition) is 9. The van der Waals surface area contributed by atoms with Gasteiger partial charge in [-0.15, -0.1) is 0 Å². The van der Waals surface area contributed by atoms with Gasteiger partial charge in [0.2, 0.25) is 11.8 Å². The fraction of sp³-hybridized carbons (Fsp3) is 0.700. The molecule has 0 aromatic carbocycles. The van der Waals surface area contributed by atoms with Gasteiger partial charge in [-0.3, -0.25) is 4.90 Å². The zero-order valence-electron chi connectivity index (χ0n) is 17.6. The van der Waals surface area contributed by atoms with Crippen LogP contribution in [0.5, 0.6) is 0 Å². The third-order valence-electron chi connectivity index (χ3n) is 5.67. The molecule has 0 aliphatic carbocycles. The molecule has 0 amide bonds. The van der Waals surface area contributed by atoms with E-state index in [1.54, 1.807) is 0 Å². The lowest BCUT2D eigenvalue weighted by Crippen LogP contribution is -2.47. The topological polar surface area (TPSA) is 83.7 Å². The molecule has 4 rings (SSSR count). The number of anilines is 2. The summed E-state index contributed by atoms with van der Waals surface area (Å²) in [5.74, 6) is 3.51. The van der Waals surface area contributed by atoms with Crippen molar-refractivity contribution in [3.8, 4) is 0 Å². The van der Waals surface area contributed by atoms with Crippen LogP contribution < -0.4 is 9.80 Å². The minimum Gasteiger partial charge on any atom is -0.378 e. The van der Waals surface area contributed by atoms with Gasteiger partial charge in [0.1, 0.15) is 5.82 Å². The van der Waals surface area contributed by atoms with Crippen molar-refractivity contribution in [1.82, 2.24) is 25.0 Å². The lowest BCUT2D eigenvalue weighted by atomic mass is 10.0.